The van der Waals surface area contributed by atoms with Crippen LogP contribution >= 0.6 is 22.9 Å². The lowest BCUT2D eigenvalue weighted by Gasteiger charge is -2.11. The molecule has 0 saturated heterocycles. The topological polar surface area (TPSA) is 119 Å². The average molecular weight is 525 g/mol. The lowest BCUT2D eigenvalue weighted by molar-refractivity contribution is -0.116. The van der Waals surface area contributed by atoms with Gasteiger partial charge in [-0.25, -0.2) is 9.78 Å². The van der Waals surface area contributed by atoms with Crippen LogP contribution in [0.5, 0.6) is 0 Å². The fraction of sp³-hybridized carbons (Fsp3) is 0.160. The smallest absolute Gasteiger partial charge is 0.340 e. The van der Waals surface area contributed by atoms with Crippen LogP contribution in [-0.2, 0) is 16.1 Å². The number of esters is 1. The summed E-state index contributed by atoms with van der Waals surface area (Å²) in [6.07, 6.45) is 1.26. The standard InChI is InChI=1S/C25H21ClN4O5S/c1-3-35-25(34)17-6-4-5-7-18(17)29-19(31)12-30-13-27-23-20(24(30)33)14(2)21(36-23)22(32)28-16-10-8-15(26)9-11-16/h4-11,13H,3,12H2,1-2H3,(H,28,32)(H,29,31). The van der Waals surface area contributed by atoms with Crippen molar-refractivity contribution in [1.82, 2.24) is 9.55 Å². The predicted molar refractivity (Wildman–Crippen MR) is 139 cm³/mol. The number of nitrogens with one attached hydrogen (secondary N) is 2. The van der Waals surface area contributed by atoms with E-state index in [9.17, 15) is 19.2 Å². The molecule has 2 aromatic heterocycles. The van der Waals surface area contributed by atoms with Crippen molar-refractivity contribution in [2.75, 3.05) is 17.2 Å². The Labute approximate surface area is 214 Å². The molecule has 2 N–H and O–H groups in total. The van der Waals surface area contributed by atoms with Gasteiger partial charge in [0.2, 0.25) is 5.91 Å². The second-order valence-electron chi connectivity index (χ2n) is 7.69. The molecule has 2 aromatic carbocycles. The van der Waals surface area contributed by atoms with Crippen LogP contribution in [0, 0.1) is 6.92 Å². The number of hydrogen-bond donors (Lipinski definition) is 2. The Morgan fingerprint density at radius 2 is 1.81 bits per heavy atom. The molecule has 0 aliphatic carbocycles. The number of ether oxygens (including phenoxy) is 1. The van der Waals surface area contributed by atoms with Gasteiger partial charge in [0, 0.05) is 10.7 Å². The highest BCUT2D eigenvalue weighted by Gasteiger charge is 2.21. The summed E-state index contributed by atoms with van der Waals surface area (Å²) in [4.78, 5) is 55.9. The quantitative estimate of drug-likeness (QED) is 0.344. The molecule has 2 heterocycles. The Balaban J connectivity index is 1.56. The Kier molecular flexibility index (Phi) is 7.47. The number of carbonyl (C=O) groups is 3. The first-order chi connectivity index (χ1) is 17.3. The van der Waals surface area contributed by atoms with E-state index >= 15 is 0 Å². The number of nitrogens with zero attached hydrogens (tertiary/aromatic N) is 2. The van der Waals surface area contributed by atoms with Gasteiger partial charge < -0.3 is 15.4 Å². The van der Waals surface area contributed by atoms with Crippen LogP contribution < -0.4 is 16.2 Å². The highest BCUT2D eigenvalue weighted by Crippen LogP contribution is 2.28. The van der Waals surface area contributed by atoms with Crippen LogP contribution in [0.25, 0.3) is 10.2 Å². The van der Waals surface area contributed by atoms with Crippen molar-refractivity contribution in [2.24, 2.45) is 0 Å². The summed E-state index contributed by atoms with van der Waals surface area (Å²) in [7, 11) is 0. The fourth-order valence-corrected chi connectivity index (χ4v) is 4.69. The van der Waals surface area contributed by atoms with Crippen LogP contribution in [0.4, 0.5) is 11.4 Å². The highest BCUT2D eigenvalue weighted by atomic mass is 35.5. The zero-order valence-corrected chi connectivity index (χ0v) is 20.9. The third-order valence-corrected chi connectivity index (χ3v) is 6.69. The molecule has 0 radical (unpaired) electrons. The molecular formula is C25H21ClN4O5S. The largest absolute Gasteiger partial charge is 0.462 e. The zero-order valence-electron chi connectivity index (χ0n) is 19.3. The summed E-state index contributed by atoms with van der Waals surface area (Å²) in [6.45, 7) is 3.22. The maximum Gasteiger partial charge on any atom is 0.340 e. The number of aryl methyl sites for hydroxylation is 1. The van der Waals surface area contributed by atoms with E-state index in [2.05, 4.69) is 15.6 Å². The van der Waals surface area contributed by atoms with E-state index in [0.717, 1.165) is 15.9 Å². The summed E-state index contributed by atoms with van der Waals surface area (Å²) in [6, 6.07) is 13.1. The number of amides is 2. The first kappa shape index (κ1) is 25.1. The van der Waals surface area contributed by atoms with Crippen LogP contribution in [0.2, 0.25) is 5.02 Å². The molecule has 0 saturated carbocycles. The number of halogens is 1. The van der Waals surface area contributed by atoms with E-state index in [1.807, 2.05) is 0 Å². The molecule has 9 nitrogen and oxygen atoms in total. The van der Waals surface area contributed by atoms with Gasteiger partial charge in [0.1, 0.15) is 11.4 Å². The molecule has 4 aromatic rings. The first-order valence-corrected chi connectivity index (χ1v) is 12.1. The van der Waals surface area contributed by atoms with Crippen molar-refractivity contribution in [3.05, 3.63) is 86.2 Å². The van der Waals surface area contributed by atoms with Gasteiger partial charge in [-0.15, -0.1) is 11.3 Å². The minimum atomic E-state index is -0.563. The van der Waals surface area contributed by atoms with Crippen LogP contribution in [-0.4, -0.2) is 33.9 Å². The van der Waals surface area contributed by atoms with Gasteiger partial charge in [0.25, 0.3) is 11.5 Å². The van der Waals surface area contributed by atoms with Gasteiger partial charge in [-0.3, -0.25) is 19.0 Å². The van der Waals surface area contributed by atoms with E-state index in [0.29, 0.717) is 26.0 Å². The molecule has 184 valence electrons. The number of aromatic nitrogens is 2. The number of thiophene rings is 1. The van der Waals surface area contributed by atoms with Gasteiger partial charge >= 0.3 is 5.97 Å². The van der Waals surface area contributed by atoms with Crippen LogP contribution in [0.15, 0.2) is 59.7 Å². The molecule has 0 aliphatic rings. The van der Waals surface area contributed by atoms with E-state index in [1.165, 1.54) is 6.33 Å². The number of carbonyl (C=O) groups excluding carboxylic acids is 3. The summed E-state index contributed by atoms with van der Waals surface area (Å²) in [5, 5.41) is 6.24. The molecule has 11 heteroatoms. The Morgan fingerprint density at radius 1 is 1.08 bits per heavy atom. The fourth-order valence-electron chi connectivity index (χ4n) is 3.53. The van der Waals surface area contributed by atoms with Crippen LogP contribution in [0.1, 0.15) is 32.5 Å². The van der Waals surface area contributed by atoms with Crippen molar-refractivity contribution >= 4 is 62.3 Å². The minimum Gasteiger partial charge on any atom is -0.462 e. The lowest BCUT2D eigenvalue weighted by Crippen LogP contribution is -2.28. The summed E-state index contributed by atoms with van der Waals surface area (Å²) >= 11 is 6.98. The Bertz CT molecular complexity index is 1530. The number of fused-ring (bicyclic) bond motifs is 1. The zero-order chi connectivity index (χ0) is 25.8. The molecule has 2 amide bonds. The van der Waals surface area contributed by atoms with Gasteiger partial charge in [-0.2, -0.15) is 0 Å². The molecule has 36 heavy (non-hydrogen) atoms. The van der Waals surface area contributed by atoms with Gasteiger partial charge in [0.15, 0.2) is 0 Å². The maximum atomic E-state index is 13.2. The molecule has 0 aliphatic heterocycles. The first-order valence-electron chi connectivity index (χ1n) is 10.9. The van der Waals surface area contributed by atoms with E-state index in [-0.39, 0.29) is 35.7 Å². The summed E-state index contributed by atoms with van der Waals surface area (Å²) < 4.78 is 6.18. The molecule has 0 bridgehead atoms. The van der Waals surface area contributed by atoms with Gasteiger partial charge in [-0.05, 0) is 55.8 Å². The van der Waals surface area contributed by atoms with E-state index < -0.39 is 17.4 Å². The molecule has 0 unspecified atom stereocenters. The summed E-state index contributed by atoms with van der Waals surface area (Å²) in [5.74, 6) is -1.47. The van der Waals surface area contributed by atoms with Crippen molar-refractivity contribution < 1.29 is 19.1 Å². The SMILES string of the molecule is CCOC(=O)c1ccccc1NC(=O)Cn1cnc2sc(C(=O)Nc3ccc(Cl)cc3)c(C)c2c1=O. The van der Waals surface area contributed by atoms with Crippen molar-refractivity contribution in [3.63, 3.8) is 0 Å². The van der Waals surface area contributed by atoms with Crippen molar-refractivity contribution in [1.29, 1.82) is 0 Å². The monoisotopic (exact) mass is 524 g/mol. The summed E-state index contributed by atoms with van der Waals surface area (Å²) in [5.41, 5.74) is 1.07. The van der Waals surface area contributed by atoms with Crippen molar-refractivity contribution in [2.45, 2.75) is 20.4 Å². The predicted octanol–water partition coefficient (Wildman–Crippen LogP) is 4.49. The molecule has 0 atom stereocenters. The highest BCUT2D eigenvalue weighted by molar-refractivity contribution is 7.20. The second kappa shape index (κ2) is 10.7. The number of para-hydroxylation sites is 1. The Morgan fingerprint density at radius 3 is 2.53 bits per heavy atom. The minimum absolute atomic E-state index is 0.196. The van der Waals surface area contributed by atoms with Gasteiger partial charge in [-0.1, -0.05) is 23.7 Å². The number of hydrogen-bond acceptors (Lipinski definition) is 7. The number of rotatable bonds is 7. The number of benzene rings is 2. The van der Waals surface area contributed by atoms with Crippen molar-refractivity contribution in [3.8, 4) is 0 Å². The van der Waals surface area contributed by atoms with E-state index in [4.69, 9.17) is 16.3 Å². The normalized spacial score (nSPS) is 10.8. The van der Waals surface area contributed by atoms with Crippen LogP contribution in [0.3, 0.4) is 0 Å². The average Bonchev–Trinajstić information content (AvgIpc) is 3.20. The van der Waals surface area contributed by atoms with Gasteiger partial charge in [0.05, 0.1) is 34.4 Å². The maximum absolute atomic E-state index is 13.2. The Hall–Kier alpha value is -4.02. The molecule has 0 spiro atoms. The molecule has 0 fully saturated rings. The molecular weight excluding hydrogens is 504 g/mol. The third-order valence-electron chi connectivity index (χ3n) is 5.24. The second-order valence-corrected chi connectivity index (χ2v) is 9.12. The molecule has 4 rings (SSSR count). The lowest BCUT2D eigenvalue weighted by atomic mass is 10.2. The number of anilines is 2. The van der Waals surface area contributed by atoms with E-state index in [1.54, 1.807) is 62.4 Å². The third kappa shape index (κ3) is 5.29.